The Kier molecular flexibility index (Phi) is 6.78. The summed E-state index contributed by atoms with van der Waals surface area (Å²) >= 11 is 0. The first-order valence-electron chi connectivity index (χ1n) is 7.50. The predicted octanol–water partition coefficient (Wildman–Crippen LogP) is 5.84. The van der Waals surface area contributed by atoms with Gasteiger partial charge in [-0.1, -0.05) is 66.2 Å². The van der Waals surface area contributed by atoms with E-state index in [4.69, 9.17) is 0 Å². The second kappa shape index (κ2) is 6.87. The first kappa shape index (κ1) is 20.7. The van der Waals surface area contributed by atoms with Crippen LogP contribution in [0.1, 0.15) is 69.2 Å². The molecule has 0 heterocycles. The maximum absolute atomic E-state index is 3.44. The van der Waals surface area contributed by atoms with Gasteiger partial charge in [0, 0.05) is 0 Å². The zero-order chi connectivity index (χ0) is 15.9. The molecule has 0 radical (unpaired) electrons. The third kappa shape index (κ3) is 4.36. The number of allylic oxidation sites excluding steroid dienone is 8. The second-order valence-electron chi connectivity index (χ2n) is 7.25. The van der Waals surface area contributed by atoms with Gasteiger partial charge in [0.05, 0.1) is 0 Å². The minimum absolute atomic E-state index is 0. The molecule has 2 rings (SSSR count). The van der Waals surface area contributed by atoms with Crippen LogP contribution in [0, 0.1) is 23.0 Å². The first-order valence-corrected chi connectivity index (χ1v) is 7.50. The van der Waals surface area contributed by atoms with E-state index in [9.17, 15) is 0 Å². The third-order valence-corrected chi connectivity index (χ3v) is 5.12. The summed E-state index contributed by atoms with van der Waals surface area (Å²) in [4.78, 5) is 0. The molecule has 0 amide bonds. The molecule has 21 heavy (non-hydrogen) atoms. The molecule has 1 heteroatoms. The van der Waals surface area contributed by atoms with E-state index in [-0.39, 0.29) is 33.9 Å². The maximum Gasteiger partial charge on any atom is 2.00 e. The van der Waals surface area contributed by atoms with Gasteiger partial charge in [0.2, 0.25) is 0 Å². The Bertz CT molecular complexity index is 484. The Balaban J connectivity index is 0.000000364. The van der Waals surface area contributed by atoms with Crippen molar-refractivity contribution in [2.75, 3.05) is 0 Å². The molecule has 0 aromatic rings. The van der Waals surface area contributed by atoms with Crippen LogP contribution in [0.15, 0.2) is 33.4 Å². The summed E-state index contributed by atoms with van der Waals surface area (Å²) in [6.07, 6.45) is 6.87. The molecule has 2 aliphatic rings. The van der Waals surface area contributed by atoms with Gasteiger partial charge in [0.1, 0.15) is 0 Å². The van der Waals surface area contributed by atoms with E-state index in [0.29, 0.717) is 0 Å². The van der Waals surface area contributed by atoms with Gasteiger partial charge in [-0.2, -0.15) is 22.3 Å². The van der Waals surface area contributed by atoms with Crippen molar-refractivity contribution in [2.24, 2.45) is 10.8 Å². The van der Waals surface area contributed by atoms with Crippen LogP contribution in [0.3, 0.4) is 0 Å². The molecule has 0 aromatic heterocycles. The van der Waals surface area contributed by atoms with E-state index in [2.05, 4.69) is 81.4 Å². The van der Waals surface area contributed by atoms with Crippen molar-refractivity contribution in [2.45, 2.75) is 69.2 Å². The van der Waals surface area contributed by atoms with Crippen LogP contribution >= 0.6 is 0 Å². The summed E-state index contributed by atoms with van der Waals surface area (Å²) in [7, 11) is 0. The second-order valence-corrected chi connectivity index (χ2v) is 7.25. The normalized spacial score (nSPS) is 22.4. The van der Waals surface area contributed by atoms with Gasteiger partial charge in [0.25, 0.3) is 0 Å². The van der Waals surface area contributed by atoms with Crippen LogP contribution in [0.2, 0.25) is 0 Å². The molecule has 0 fully saturated rings. The Hall–Kier alpha value is -0.274. The number of rotatable bonds is 0. The standard InChI is InChI=1S/2C10H15.Mg/c2*1-7-6-10(4,5)9(3)8(7)2;/h2*1-5H3;/q2*-1;+2. The molecular weight excluding hydrogens is 265 g/mol. The molecule has 0 bridgehead atoms. The number of hydrogen-bond acceptors (Lipinski definition) is 0. The molecule has 0 atom stereocenters. The van der Waals surface area contributed by atoms with E-state index in [1.54, 1.807) is 0 Å². The molecule has 0 unspecified atom stereocenters. The van der Waals surface area contributed by atoms with Crippen LogP contribution in [0.4, 0.5) is 0 Å². The number of hydrogen-bond donors (Lipinski definition) is 0. The van der Waals surface area contributed by atoms with Crippen LogP contribution < -0.4 is 0 Å². The summed E-state index contributed by atoms with van der Waals surface area (Å²) in [5, 5.41) is 0. The van der Waals surface area contributed by atoms with Crippen LogP contribution in [-0.2, 0) is 0 Å². The summed E-state index contributed by atoms with van der Waals surface area (Å²) in [6, 6.07) is 0. The zero-order valence-corrected chi connectivity index (χ0v) is 17.1. The largest absolute Gasteiger partial charge is 2.00 e. The van der Waals surface area contributed by atoms with Crippen molar-refractivity contribution in [3.8, 4) is 0 Å². The first-order chi connectivity index (χ1) is 8.90. The fraction of sp³-hybridized carbons (Fsp3) is 0.600. The Labute approximate surface area is 148 Å². The summed E-state index contributed by atoms with van der Waals surface area (Å²) < 4.78 is 0. The summed E-state index contributed by atoms with van der Waals surface area (Å²) in [6.45, 7) is 21.8. The monoisotopic (exact) mass is 294 g/mol. The van der Waals surface area contributed by atoms with E-state index in [0.717, 1.165) is 0 Å². The minimum Gasteiger partial charge on any atom is -0.263 e. The van der Waals surface area contributed by atoms with Crippen molar-refractivity contribution in [3.05, 3.63) is 45.6 Å². The van der Waals surface area contributed by atoms with Gasteiger partial charge in [-0.15, -0.1) is 13.8 Å². The summed E-state index contributed by atoms with van der Waals surface area (Å²) in [5.74, 6) is 0. The van der Waals surface area contributed by atoms with E-state index in [1.165, 1.54) is 33.4 Å². The van der Waals surface area contributed by atoms with Crippen molar-refractivity contribution in [1.82, 2.24) is 0 Å². The van der Waals surface area contributed by atoms with E-state index >= 15 is 0 Å². The SMILES string of the molecule is CC1=[C-]C(C)(C)C(C)=C1C.CC1=[C-]C(C)(C)C(C)=C1C.[Mg+2]. The maximum atomic E-state index is 3.44. The fourth-order valence-corrected chi connectivity index (χ4v) is 2.81. The van der Waals surface area contributed by atoms with Crippen LogP contribution in [-0.4, -0.2) is 23.1 Å². The van der Waals surface area contributed by atoms with E-state index in [1.807, 2.05) is 0 Å². The zero-order valence-electron chi connectivity index (χ0n) is 15.7. The van der Waals surface area contributed by atoms with Gasteiger partial charge in [0.15, 0.2) is 0 Å². The van der Waals surface area contributed by atoms with Crippen molar-refractivity contribution < 1.29 is 0 Å². The Morgan fingerprint density at radius 2 is 0.810 bits per heavy atom. The molecule has 0 saturated carbocycles. The molecular formula is C20H30Mg. The van der Waals surface area contributed by atoms with Crippen molar-refractivity contribution in [3.63, 3.8) is 0 Å². The smallest absolute Gasteiger partial charge is 0.263 e. The van der Waals surface area contributed by atoms with Gasteiger partial charge in [-0.3, -0.25) is 12.2 Å². The van der Waals surface area contributed by atoms with Crippen molar-refractivity contribution >= 4 is 23.1 Å². The van der Waals surface area contributed by atoms with Crippen molar-refractivity contribution in [1.29, 1.82) is 0 Å². The third-order valence-electron chi connectivity index (χ3n) is 5.12. The molecule has 0 aromatic carbocycles. The van der Waals surface area contributed by atoms with E-state index < -0.39 is 0 Å². The topological polar surface area (TPSA) is 0 Å². The molecule has 0 aliphatic heterocycles. The molecule has 0 spiro atoms. The Morgan fingerprint density at radius 3 is 0.857 bits per heavy atom. The molecule has 112 valence electrons. The van der Waals surface area contributed by atoms with Gasteiger partial charge >= 0.3 is 23.1 Å². The fourth-order valence-electron chi connectivity index (χ4n) is 2.81. The molecule has 2 aliphatic carbocycles. The Morgan fingerprint density at radius 1 is 0.571 bits per heavy atom. The molecule has 0 nitrogen and oxygen atoms in total. The average Bonchev–Trinajstić information content (AvgIpc) is 2.60. The van der Waals surface area contributed by atoms with Gasteiger partial charge in [-0.05, 0) is 0 Å². The van der Waals surface area contributed by atoms with Crippen LogP contribution in [0.25, 0.3) is 0 Å². The summed E-state index contributed by atoms with van der Waals surface area (Å²) in [5.41, 5.74) is 8.79. The molecule has 0 saturated heterocycles. The predicted molar refractivity (Wildman–Crippen MR) is 94.9 cm³/mol. The quantitative estimate of drug-likeness (QED) is 0.389. The van der Waals surface area contributed by atoms with Gasteiger partial charge in [-0.25, -0.2) is 11.1 Å². The molecule has 0 N–H and O–H groups in total. The van der Waals surface area contributed by atoms with Crippen LogP contribution in [0.5, 0.6) is 0 Å². The average molecular weight is 295 g/mol. The minimum atomic E-state index is 0. The van der Waals surface area contributed by atoms with Gasteiger partial charge < -0.3 is 0 Å².